The highest BCUT2D eigenvalue weighted by atomic mass is 32.2. The van der Waals surface area contributed by atoms with Crippen LogP contribution in [0.1, 0.15) is 56.1 Å². The van der Waals surface area contributed by atoms with E-state index in [9.17, 15) is 13.2 Å². The van der Waals surface area contributed by atoms with Crippen molar-refractivity contribution in [3.05, 3.63) is 29.3 Å². The molecule has 3 rings (SSSR count). The molecule has 1 fully saturated rings. The van der Waals surface area contributed by atoms with Gasteiger partial charge in [0.1, 0.15) is 0 Å². The van der Waals surface area contributed by atoms with E-state index in [0.29, 0.717) is 4.90 Å². The number of fused-ring (bicyclic) bond motifs is 1. The lowest BCUT2D eigenvalue weighted by atomic mass is 9.92. The van der Waals surface area contributed by atoms with Crippen molar-refractivity contribution >= 4 is 15.9 Å². The van der Waals surface area contributed by atoms with E-state index in [1.807, 2.05) is 6.07 Å². The first kappa shape index (κ1) is 17.4. The highest BCUT2D eigenvalue weighted by Crippen LogP contribution is 2.24. The minimum atomic E-state index is -3.55. The zero-order valence-corrected chi connectivity index (χ0v) is 14.8. The third kappa shape index (κ3) is 4.36. The van der Waals surface area contributed by atoms with Gasteiger partial charge in [-0.25, -0.2) is 13.1 Å². The van der Waals surface area contributed by atoms with Crippen molar-refractivity contribution in [3.63, 3.8) is 0 Å². The minimum absolute atomic E-state index is 0.0740. The molecule has 1 saturated carbocycles. The summed E-state index contributed by atoms with van der Waals surface area (Å²) in [5.74, 6) is -0.0740. The van der Waals surface area contributed by atoms with Gasteiger partial charge in [0.25, 0.3) is 0 Å². The Morgan fingerprint density at radius 1 is 1.04 bits per heavy atom. The second-order valence-corrected chi connectivity index (χ2v) is 8.60. The molecule has 0 bridgehead atoms. The smallest absolute Gasteiger partial charge is 0.240 e. The predicted molar refractivity (Wildman–Crippen MR) is 93.3 cm³/mol. The van der Waals surface area contributed by atoms with Crippen LogP contribution in [0.25, 0.3) is 0 Å². The molecule has 5 nitrogen and oxygen atoms in total. The molecule has 24 heavy (non-hydrogen) atoms. The Bertz CT molecular complexity index is 694. The maximum absolute atomic E-state index is 12.4. The fourth-order valence-corrected chi connectivity index (χ4v) is 4.71. The first-order valence-electron chi connectivity index (χ1n) is 8.95. The molecule has 0 heterocycles. The van der Waals surface area contributed by atoms with Crippen LogP contribution in [0.2, 0.25) is 0 Å². The molecule has 0 aromatic heterocycles. The van der Waals surface area contributed by atoms with E-state index in [-0.39, 0.29) is 24.9 Å². The second-order valence-electron chi connectivity index (χ2n) is 6.83. The Labute approximate surface area is 144 Å². The zero-order chi connectivity index (χ0) is 17.0. The number of aryl methyl sites for hydroxylation is 2. The molecule has 0 unspecified atom stereocenters. The van der Waals surface area contributed by atoms with Crippen LogP contribution in [0.5, 0.6) is 0 Å². The van der Waals surface area contributed by atoms with E-state index in [0.717, 1.165) is 50.5 Å². The molecule has 0 saturated heterocycles. The molecule has 1 aromatic carbocycles. The monoisotopic (exact) mass is 350 g/mol. The maximum atomic E-state index is 12.4. The molecule has 0 aliphatic heterocycles. The van der Waals surface area contributed by atoms with Crippen molar-refractivity contribution in [2.45, 2.75) is 68.7 Å². The van der Waals surface area contributed by atoms with Crippen LogP contribution in [0.4, 0.5) is 0 Å². The lowest BCUT2D eigenvalue weighted by molar-refractivity contribution is -0.121. The van der Waals surface area contributed by atoms with E-state index in [4.69, 9.17) is 0 Å². The number of rotatable bonds is 6. The summed E-state index contributed by atoms with van der Waals surface area (Å²) >= 11 is 0. The zero-order valence-electron chi connectivity index (χ0n) is 14.0. The van der Waals surface area contributed by atoms with Crippen molar-refractivity contribution in [2.24, 2.45) is 0 Å². The molecule has 2 N–H and O–H groups in total. The van der Waals surface area contributed by atoms with E-state index in [2.05, 4.69) is 10.0 Å². The summed E-state index contributed by atoms with van der Waals surface area (Å²) < 4.78 is 27.4. The lowest BCUT2D eigenvalue weighted by Gasteiger charge is -2.17. The van der Waals surface area contributed by atoms with Gasteiger partial charge < -0.3 is 5.32 Å². The van der Waals surface area contributed by atoms with E-state index < -0.39 is 10.0 Å². The first-order valence-corrected chi connectivity index (χ1v) is 10.4. The van der Waals surface area contributed by atoms with Gasteiger partial charge in [0, 0.05) is 19.0 Å². The largest absolute Gasteiger partial charge is 0.353 e. The Kier molecular flexibility index (Phi) is 5.56. The van der Waals surface area contributed by atoms with E-state index >= 15 is 0 Å². The summed E-state index contributed by atoms with van der Waals surface area (Å²) in [7, 11) is -3.55. The summed E-state index contributed by atoms with van der Waals surface area (Å²) in [5, 5.41) is 2.97. The van der Waals surface area contributed by atoms with Gasteiger partial charge in [0.2, 0.25) is 15.9 Å². The Morgan fingerprint density at radius 2 is 1.75 bits per heavy atom. The van der Waals surface area contributed by atoms with Crippen LogP contribution in [0.15, 0.2) is 23.1 Å². The second kappa shape index (κ2) is 7.66. The number of hydrogen-bond acceptors (Lipinski definition) is 3. The third-order valence-corrected chi connectivity index (χ3v) is 6.45. The summed E-state index contributed by atoms with van der Waals surface area (Å²) in [6, 6.07) is 5.66. The van der Waals surface area contributed by atoms with Gasteiger partial charge in [-0.2, -0.15) is 0 Å². The number of amides is 1. The van der Waals surface area contributed by atoms with E-state index in [1.54, 1.807) is 12.1 Å². The van der Waals surface area contributed by atoms with Gasteiger partial charge in [-0.05, 0) is 61.8 Å². The molecule has 6 heteroatoms. The average Bonchev–Trinajstić information content (AvgIpc) is 3.07. The molecule has 0 spiro atoms. The van der Waals surface area contributed by atoms with Crippen LogP contribution in [0.3, 0.4) is 0 Å². The standard InChI is InChI=1S/C18H26N2O3S/c21-18(20-16-7-3-4-8-16)11-12-19-24(22,23)17-10-9-14-5-1-2-6-15(14)13-17/h9-10,13,16,19H,1-8,11-12H2,(H,20,21). The summed E-state index contributed by atoms with van der Waals surface area (Å²) in [5.41, 5.74) is 2.40. The van der Waals surface area contributed by atoms with Gasteiger partial charge >= 0.3 is 0 Å². The first-order chi connectivity index (χ1) is 11.5. The van der Waals surface area contributed by atoms with Crippen molar-refractivity contribution in [1.82, 2.24) is 10.0 Å². The van der Waals surface area contributed by atoms with Gasteiger partial charge in [0.15, 0.2) is 0 Å². The molecule has 132 valence electrons. The van der Waals surface area contributed by atoms with Crippen LogP contribution in [-0.4, -0.2) is 26.9 Å². The van der Waals surface area contributed by atoms with Crippen molar-refractivity contribution in [3.8, 4) is 0 Å². The summed E-state index contributed by atoms with van der Waals surface area (Å²) in [6.07, 6.45) is 8.84. The third-order valence-electron chi connectivity index (χ3n) is 4.99. The number of nitrogens with one attached hydrogen (secondary N) is 2. The molecular formula is C18H26N2O3S. The van der Waals surface area contributed by atoms with Crippen LogP contribution >= 0.6 is 0 Å². The summed E-state index contributed by atoms with van der Waals surface area (Å²) in [4.78, 5) is 12.2. The molecule has 0 radical (unpaired) electrons. The highest BCUT2D eigenvalue weighted by molar-refractivity contribution is 7.89. The SMILES string of the molecule is O=C(CCNS(=O)(=O)c1ccc2c(c1)CCCC2)NC1CCCC1. The van der Waals surface area contributed by atoms with Gasteiger partial charge in [-0.3, -0.25) is 4.79 Å². The van der Waals surface area contributed by atoms with Gasteiger partial charge in [0.05, 0.1) is 4.90 Å². The molecular weight excluding hydrogens is 324 g/mol. The molecule has 1 aromatic rings. The van der Waals surface area contributed by atoms with Crippen molar-refractivity contribution < 1.29 is 13.2 Å². The molecule has 1 amide bonds. The van der Waals surface area contributed by atoms with Crippen molar-refractivity contribution in [2.75, 3.05) is 6.54 Å². The normalized spacial score (nSPS) is 18.3. The van der Waals surface area contributed by atoms with Gasteiger partial charge in [-0.1, -0.05) is 18.9 Å². The average molecular weight is 350 g/mol. The van der Waals surface area contributed by atoms with E-state index in [1.165, 1.54) is 12.0 Å². The lowest BCUT2D eigenvalue weighted by Crippen LogP contribution is -2.35. The topological polar surface area (TPSA) is 75.3 Å². The minimum Gasteiger partial charge on any atom is -0.353 e. The fourth-order valence-electron chi connectivity index (χ4n) is 3.63. The molecule has 0 atom stereocenters. The Morgan fingerprint density at radius 3 is 2.50 bits per heavy atom. The predicted octanol–water partition coefficient (Wildman–Crippen LogP) is 2.29. The number of carbonyl (C=O) groups is 1. The molecule has 2 aliphatic rings. The van der Waals surface area contributed by atoms with Crippen LogP contribution < -0.4 is 10.0 Å². The number of hydrogen-bond donors (Lipinski definition) is 2. The Hall–Kier alpha value is -1.40. The highest BCUT2D eigenvalue weighted by Gasteiger charge is 2.19. The maximum Gasteiger partial charge on any atom is 0.240 e. The fraction of sp³-hybridized carbons (Fsp3) is 0.611. The summed E-state index contributed by atoms with van der Waals surface area (Å²) in [6.45, 7) is 0.137. The van der Waals surface area contributed by atoms with Crippen LogP contribution in [-0.2, 0) is 27.7 Å². The number of carbonyl (C=O) groups excluding carboxylic acids is 1. The number of sulfonamides is 1. The van der Waals surface area contributed by atoms with Gasteiger partial charge in [-0.15, -0.1) is 0 Å². The molecule has 2 aliphatic carbocycles. The number of benzene rings is 1. The quantitative estimate of drug-likeness (QED) is 0.826. The van der Waals surface area contributed by atoms with Crippen LogP contribution in [0, 0.1) is 0 Å². The van der Waals surface area contributed by atoms with Crippen molar-refractivity contribution in [1.29, 1.82) is 0 Å². The Balaban J connectivity index is 1.53.